The molecule has 1 atom stereocenters. The number of unbranched alkanes of at least 4 members (excludes halogenated alkanes) is 5. The first kappa shape index (κ1) is 35.1. The quantitative estimate of drug-likeness (QED) is 0.141. The fourth-order valence-corrected chi connectivity index (χ4v) is 5.54. The van der Waals surface area contributed by atoms with Crippen molar-refractivity contribution in [2.45, 2.75) is 70.8 Å². The first-order valence-electron chi connectivity index (χ1n) is 16.5. The van der Waals surface area contributed by atoms with E-state index in [9.17, 15) is 19.2 Å². The molecule has 2 aromatic rings. The summed E-state index contributed by atoms with van der Waals surface area (Å²) in [4.78, 5) is 50.8. The Balaban J connectivity index is 1.01. The number of hydrogen-bond donors (Lipinski definition) is 2. The van der Waals surface area contributed by atoms with Gasteiger partial charge in [0.05, 0.1) is 50.8 Å². The molecular formula is C35H47N3O8. The Hall–Kier alpha value is -3.80. The lowest BCUT2D eigenvalue weighted by Gasteiger charge is -2.27. The SMILES string of the molecule is CCCCCCCCc1ccc(OCCOCCOCCOCCNc2cccc3c2C(=O)N(C2CCC(=O)NC2=O)C3=O)cc1. The van der Waals surface area contributed by atoms with E-state index in [-0.39, 0.29) is 24.0 Å². The second-order valence-corrected chi connectivity index (χ2v) is 11.4. The summed E-state index contributed by atoms with van der Waals surface area (Å²) in [5, 5.41) is 5.35. The van der Waals surface area contributed by atoms with Crippen molar-refractivity contribution in [3.8, 4) is 5.75 Å². The topological polar surface area (TPSA) is 132 Å². The van der Waals surface area contributed by atoms with E-state index in [1.54, 1.807) is 18.2 Å². The van der Waals surface area contributed by atoms with Crippen LogP contribution in [-0.4, -0.2) is 87.4 Å². The average Bonchev–Trinajstić information content (AvgIpc) is 3.31. The van der Waals surface area contributed by atoms with Gasteiger partial charge in [0, 0.05) is 18.7 Å². The lowest BCUT2D eigenvalue weighted by molar-refractivity contribution is -0.136. The number of piperidine rings is 1. The highest BCUT2D eigenvalue weighted by Crippen LogP contribution is 2.32. The number of aryl methyl sites for hydroxylation is 1. The maximum Gasteiger partial charge on any atom is 0.264 e. The number of rotatable bonds is 22. The van der Waals surface area contributed by atoms with Crippen molar-refractivity contribution in [1.29, 1.82) is 0 Å². The molecule has 4 rings (SSSR count). The molecule has 2 aliphatic rings. The molecule has 0 saturated carbocycles. The van der Waals surface area contributed by atoms with E-state index in [0.29, 0.717) is 58.5 Å². The Labute approximate surface area is 271 Å². The summed E-state index contributed by atoms with van der Waals surface area (Å²) >= 11 is 0. The number of imide groups is 2. The molecule has 1 saturated heterocycles. The summed E-state index contributed by atoms with van der Waals surface area (Å²) in [6, 6.07) is 12.3. The van der Waals surface area contributed by atoms with Gasteiger partial charge >= 0.3 is 0 Å². The minimum absolute atomic E-state index is 0.0762. The number of ether oxygens (including phenoxy) is 4. The van der Waals surface area contributed by atoms with Gasteiger partial charge < -0.3 is 24.3 Å². The van der Waals surface area contributed by atoms with Gasteiger partial charge in [0.25, 0.3) is 11.8 Å². The van der Waals surface area contributed by atoms with Crippen LogP contribution in [0.4, 0.5) is 5.69 Å². The van der Waals surface area contributed by atoms with E-state index in [1.165, 1.54) is 44.1 Å². The van der Waals surface area contributed by atoms with Crippen LogP contribution in [0.5, 0.6) is 5.75 Å². The van der Waals surface area contributed by atoms with Crippen LogP contribution in [0.1, 0.15) is 84.6 Å². The summed E-state index contributed by atoms with van der Waals surface area (Å²) in [6.07, 6.45) is 9.14. The van der Waals surface area contributed by atoms with Gasteiger partial charge in [-0.15, -0.1) is 0 Å². The predicted molar refractivity (Wildman–Crippen MR) is 173 cm³/mol. The summed E-state index contributed by atoms with van der Waals surface area (Å²) in [5.74, 6) is -1.27. The van der Waals surface area contributed by atoms with E-state index >= 15 is 0 Å². The van der Waals surface area contributed by atoms with Gasteiger partial charge in [0.1, 0.15) is 18.4 Å². The van der Waals surface area contributed by atoms with Crippen molar-refractivity contribution in [2.75, 3.05) is 58.1 Å². The van der Waals surface area contributed by atoms with Gasteiger partial charge in [0.2, 0.25) is 11.8 Å². The lowest BCUT2D eigenvalue weighted by Crippen LogP contribution is -2.54. The van der Waals surface area contributed by atoms with Crippen LogP contribution in [0.15, 0.2) is 42.5 Å². The monoisotopic (exact) mass is 637 g/mol. The van der Waals surface area contributed by atoms with Gasteiger partial charge in [-0.3, -0.25) is 29.4 Å². The zero-order chi connectivity index (χ0) is 32.6. The van der Waals surface area contributed by atoms with Crippen molar-refractivity contribution in [1.82, 2.24) is 10.2 Å². The number of hydrogen-bond acceptors (Lipinski definition) is 9. The Morgan fingerprint density at radius 1 is 0.783 bits per heavy atom. The largest absolute Gasteiger partial charge is 0.491 e. The van der Waals surface area contributed by atoms with Crippen LogP contribution >= 0.6 is 0 Å². The summed E-state index contributed by atoms with van der Waals surface area (Å²) < 4.78 is 22.5. The van der Waals surface area contributed by atoms with Crippen LogP contribution < -0.4 is 15.4 Å². The number of nitrogens with zero attached hydrogens (tertiary/aromatic N) is 1. The number of carbonyl (C=O) groups excluding carboxylic acids is 4. The highest BCUT2D eigenvalue weighted by molar-refractivity contribution is 6.25. The third-order valence-electron chi connectivity index (χ3n) is 8.01. The zero-order valence-electron chi connectivity index (χ0n) is 26.9. The molecule has 4 amide bonds. The predicted octanol–water partition coefficient (Wildman–Crippen LogP) is 4.53. The summed E-state index contributed by atoms with van der Waals surface area (Å²) in [6.45, 7) is 5.69. The Morgan fingerprint density at radius 2 is 1.46 bits per heavy atom. The fourth-order valence-electron chi connectivity index (χ4n) is 5.54. The maximum atomic E-state index is 13.1. The molecule has 46 heavy (non-hydrogen) atoms. The second-order valence-electron chi connectivity index (χ2n) is 11.4. The van der Waals surface area contributed by atoms with E-state index < -0.39 is 29.7 Å². The summed E-state index contributed by atoms with van der Waals surface area (Å²) in [5.41, 5.74) is 2.30. The van der Waals surface area contributed by atoms with Crippen molar-refractivity contribution < 1.29 is 38.1 Å². The van der Waals surface area contributed by atoms with Gasteiger partial charge in [0.15, 0.2) is 0 Å². The van der Waals surface area contributed by atoms with Gasteiger partial charge in [-0.1, -0.05) is 57.2 Å². The second kappa shape index (κ2) is 19.0. The molecule has 11 heteroatoms. The van der Waals surface area contributed by atoms with E-state index in [4.69, 9.17) is 18.9 Å². The number of amides is 4. The smallest absolute Gasteiger partial charge is 0.264 e. The molecule has 2 aromatic carbocycles. The Kier molecular flexibility index (Phi) is 14.5. The van der Waals surface area contributed by atoms with Crippen LogP contribution in [-0.2, 0) is 30.2 Å². The minimum Gasteiger partial charge on any atom is -0.491 e. The van der Waals surface area contributed by atoms with Gasteiger partial charge in [-0.2, -0.15) is 0 Å². The van der Waals surface area contributed by atoms with E-state index in [0.717, 1.165) is 17.1 Å². The van der Waals surface area contributed by atoms with Crippen molar-refractivity contribution >= 4 is 29.3 Å². The van der Waals surface area contributed by atoms with Crippen LogP contribution in [0.3, 0.4) is 0 Å². The van der Waals surface area contributed by atoms with Crippen molar-refractivity contribution in [2.24, 2.45) is 0 Å². The van der Waals surface area contributed by atoms with Gasteiger partial charge in [-0.25, -0.2) is 0 Å². The molecule has 0 spiro atoms. The highest BCUT2D eigenvalue weighted by Gasteiger charge is 2.45. The molecule has 11 nitrogen and oxygen atoms in total. The molecule has 2 aliphatic heterocycles. The lowest BCUT2D eigenvalue weighted by atomic mass is 10.0. The normalized spacial score (nSPS) is 16.1. The van der Waals surface area contributed by atoms with Crippen LogP contribution in [0.25, 0.3) is 0 Å². The Bertz CT molecular complexity index is 1300. The standard InChI is InChI=1S/C35H47N3O8/c1-2-3-4-5-6-7-9-26-12-14-27(15-13-26)46-25-24-45-23-22-44-21-20-43-19-18-36-29-11-8-10-28-32(29)35(42)38(34(28)41)30-16-17-31(39)37-33(30)40/h8,10-15,30,36H,2-7,9,16-25H2,1H3,(H,37,39,40). The number of carbonyl (C=O) groups is 4. The third kappa shape index (κ3) is 10.4. The first-order chi connectivity index (χ1) is 22.5. The Morgan fingerprint density at radius 3 is 2.17 bits per heavy atom. The molecule has 0 aliphatic carbocycles. The molecule has 0 radical (unpaired) electrons. The number of fused-ring (bicyclic) bond motifs is 1. The molecule has 1 fully saturated rings. The molecule has 1 unspecified atom stereocenters. The van der Waals surface area contributed by atoms with Crippen molar-refractivity contribution in [3.63, 3.8) is 0 Å². The molecule has 2 heterocycles. The molecular weight excluding hydrogens is 590 g/mol. The van der Waals surface area contributed by atoms with Crippen molar-refractivity contribution in [3.05, 3.63) is 59.2 Å². The minimum atomic E-state index is -0.998. The average molecular weight is 638 g/mol. The number of nitrogens with one attached hydrogen (secondary N) is 2. The molecule has 0 bridgehead atoms. The maximum absolute atomic E-state index is 13.1. The van der Waals surface area contributed by atoms with E-state index in [2.05, 4.69) is 29.7 Å². The third-order valence-corrected chi connectivity index (χ3v) is 8.01. The van der Waals surface area contributed by atoms with Gasteiger partial charge in [-0.05, 0) is 49.1 Å². The molecule has 250 valence electrons. The van der Waals surface area contributed by atoms with Crippen LogP contribution in [0, 0.1) is 0 Å². The fraction of sp³-hybridized carbons (Fsp3) is 0.543. The van der Waals surface area contributed by atoms with E-state index in [1.807, 2.05) is 12.1 Å². The van der Waals surface area contributed by atoms with Crippen LogP contribution in [0.2, 0.25) is 0 Å². The number of benzene rings is 2. The first-order valence-corrected chi connectivity index (χ1v) is 16.5. The summed E-state index contributed by atoms with van der Waals surface area (Å²) in [7, 11) is 0. The zero-order valence-corrected chi connectivity index (χ0v) is 26.9. The number of anilines is 1. The molecule has 2 N–H and O–H groups in total. The highest BCUT2D eigenvalue weighted by atomic mass is 16.6. The molecule has 0 aromatic heterocycles.